The van der Waals surface area contributed by atoms with Crippen LogP contribution in [-0.4, -0.2) is 26.4 Å². The van der Waals surface area contributed by atoms with E-state index in [1.807, 2.05) is 16.8 Å². The molecule has 0 aliphatic carbocycles. The van der Waals surface area contributed by atoms with Crippen LogP contribution in [0.1, 0.15) is 10.5 Å². The molecule has 0 unspecified atom stereocenters. The number of sulfonamides is 1. The first-order valence-electron chi connectivity index (χ1n) is 9.01. The smallest absolute Gasteiger partial charge is 0.275 e. The summed E-state index contributed by atoms with van der Waals surface area (Å²) in [5.41, 5.74) is 1.99. The Balaban J connectivity index is 1.49. The third-order valence-corrected chi connectivity index (χ3v) is 7.20. The molecule has 4 rings (SSSR count). The lowest BCUT2D eigenvalue weighted by atomic mass is 10.3. The molecule has 0 saturated carbocycles. The van der Waals surface area contributed by atoms with Crippen LogP contribution in [-0.2, 0) is 10.0 Å². The second kappa shape index (κ2) is 8.88. The number of benzene rings is 2. The van der Waals surface area contributed by atoms with E-state index in [-0.39, 0.29) is 10.6 Å². The van der Waals surface area contributed by atoms with Crippen LogP contribution in [0, 0.1) is 0 Å². The summed E-state index contributed by atoms with van der Waals surface area (Å²) in [4.78, 5) is 17.0. The number of thiophene rings is 1. The molecule has 31 heavy (non-hydrogen) atoms. The van der Waals surface area contributed by atoms with E-state index in [1.165, 1.54) is 30.6 Å². The van der Waals surface area contributed by atoms with Gasteiger partial charge in [-0.15, -0.1) is 11.3 Å². The molecule has 10 heteroatoms. The van der Waals surface area contributed by atoms with Crippen LogP contribution in [0.2, 0.25) is 0 Å². The van der Waals surface area contributed by atoms with Crippen molar-refractivity contribution in [2.45, 2.75) is 4.90 Å². The van der Waals surface area contributed by atoms with Crippen LogP contribution >= 0.6 is 22.7 Å². The van der Waals surface area contributed by atoms with Gasteiger partial charge in [-0.05, 0) is 53.9 Å². The normalized spacial score (nSPS) is 11.1. The molecule has 1 amide bonds. The highest BCUT2D eigenvalue weighted by Gasteiger charge is 2.17. The number of nitrogens with one attached hydrogen (secondary N) is 2. The van der Waals surface area contributed by atoms with Crippen LogP contribution in [0.25, 0.3) is 10.6 Å². The topological polar surface area (TPSA) is 97.4 Å². The van der Waals surface area contributed by atoms with E-state index < -0.39 is 15.9 Å². The molecular formula is C21H17N3O4S3. The van der Waals surface area contributed by atoms with Gasteiger partial charge in [0.05, 0.1) is 12.0 Å². The van der Waals surface area contributed by atoms with Gasteiger partial charge in [0.1, 0.15) is 16.5 Å². The molecule has 4 aromatic rings. The van der Waals surface area contributed by atoms with Crippen LogP contribution in [0.5, 0.6) is 5.75 Å². The molecule has 0 saturated heterocycles. The first-order chi connectivity index (χ1) is 14.9. The Morgan fingerprint density at radius 3 is 2.55 bits per heavy atom. The molecular weight excluding hydrogens is 454 g/mol. The maximum atomic E-state index is 12.7. The molecule has 2 N–H and O–H groups in total. The molecule has 0 aliphatic rings. The largest absolute Gasteiger partial charge is 0.497 e. The van der Waals surface area contributed by atoms with Crippen molar-refractivity contribution >= 4 is 50.0 Å². The predicted octanol–water partition coefficient (Wildman–Crippen LogP) is 4.93. The van der Waals surface area contributed by atoms with Gasteiger partial charge in [0.15, 0.2) is 0 Å². The zero-order valence-corrected chi connectivity index (χ0v) is 18.7. The quantitative estimate of drug-likeness (QED) is 0.398. The molecule has 2 aromatic heterocycles. The van der Waals surface area contributed by atoms with Gasteiger partial charge in [0.2, 0.25) is 0 Å². The van der Waals surface area contributed by atoms with Crippen molar-refractivity contribution in [1.82, 2.24) is 4.98 Å². The lowest BCUT2D eigenvalue weighted by molar-refractivity contribution is 0.102. The van der Waals surface area contributed by atoms with E-state index in [2.05, 4.69) is 15.0 Å². The van der Waals surface area contributed by atoms with Crippen molar-refractivity contribution in [3.8, 4) is 16.3 Å². The van der Waals surface area contributed by atoms with Crippen molar-refractivity contribution in [2.75, 3.05) is 17.1 Å². The summed E-state index contributed by atoms with van der Waals surface area (Å²) >= 11 is 2.94. The fourth-order valence-electron chi connectivity index (χ4n) is 2.71. The molecule has 0 aliphatic heterocycles. The Labute approximate surface area is 187 Å². The number of methoxy groups -OCH3 is 1. The van der Waals surface area contributed by atoms with Crippen molar-refractivity contribution < 1.29 is 17.9 Å². The Kier molecular flexibility index (Phi) is 6.03. The van der Waals surface area contributed by atoms with Crippen molar-refractivity contribution in [2.24, 2.45) is 0 Å². The average molecular weight is 472 g/mol. The third kappa shape index (κ3) is 4.93. The summed E-state index contributed by atoms with van der Waals surface area (Å²) in [5.74, 6) is 0.215. The van der Waals surface area contributed by atoms with Gasteiger partial charge in [0, 0.05) is 27.7 Å². The Hall–Kier alpha value is -3.21. The molecule has 0 fully saturated rings. The van der Waals surface area contributed by atoms with E-state index >= 15 is 0 Å². The van der Waals surface area contributed by atoms with Crippen molar-refractivity contribution in [1.29, 1.82) is 0 Å². The number of amides is 1. The third-order valence-electron chi connectivity index (χ3n) is 4.25. The summed E-state index contributed by atoms with van der Waals surface area (Å²) in [6, 6.07) is 14.5. The Morgan fingerprint density at radius 2 is 1.84 bits per heavy atom. The van der Waals surface area contributed by atoms with E-state index in [4.69, 9.17) is 4.74 Å². The van der Waals surface area contributed by atoms with Gasteiger partial charge in [-0.3, -0.25) is 9.52 Å². The first-order valence-corrected chi connectivity index (χ1v) is 12.3. The number of carbonyl (C=O) groups excluding carboxylic acids is 1. The number of hydrogen-bond donors (Lipinski definition) is 2. The fraction of sp³-hybridized carbons (Fsp3) is 0.0476. The number of anilines is 2. The van der Waals surface area contributed by atoms with E-state index in [0.29, 0.717) is 17.1 Å². The molecule has 0 atom stereocenters. The highest BCUT2D eigenvalue weighted by Crippen LogP contribution is 2.26. The number of hydrogen-bond acceptors (Lipinski definition) is 7. The monoisotopic (exact) mass is 471 g/mol. The Bertz CT molecular complexity index is 1300. The molecule has 0 bridgehead atoms. The number of nitrogens with zero attached hydrogens (tertiary/aromatic N) is 1. The van der Waals surface area contributed by atoms with E-state index in [0.717, 1.165) is 10.6 Å². The summed E-state index contributed by atoms with van der Waals surface area (Å²) in [5, 5.41) is 9.05. The summed E-state index contributed by atoms with van der Waals surface area (Å²) in [6.45, 7) is 0. The highest BCUT2D eigenvalue weighted by molar-refractivity contribution is 7.92. The summed E-state index contributed by atoms with van der Waals surface area (Å²) in [7, 11) is -2.30. The molecule has 7 nitrogen and oxygen atoms in total. The van der Waals surface area contributed by atoms with Crippen molar-refractivity contribution in [3.05, 3.63) is 76.4 Å². The van der Waals surface area contributed by atoms with Crippen LogP contribution in [0.4, 0.5) is 11.4 Å². The summed E-state index contributed by atoms with van der Waals surface area (Å²) < 4.78 is 33.1. The van der Waals surface area contributed by atoms with Crippen LogP contribution in [0.15, 0.2) is 75.6 Å². The van der Waals surface area contributed by atoms with Gasteiger partial charge in [-0.25, -0.2) is 13.4 Å². The van der Waals surface area contributed by atoms with Gasteiger partial charge < -0.3 is 10.1 Å². The van der Waals surface area contributed by atoms with Crippen LogP contribution < -0.4 is 14.8 Å². The second-order valence-electron chi connectivity index (χ2n) is 6.37. The number of aromatic nitrogens is 1. The second-order valence-corrected chi connectivity index (χ2v) is 9.69. The Morgan fingerprint density at radius 1 is 1.03 bits per heavy atom. The van der Waals surface area contributed by atoms with Crippen LogP contribution in [0.3, 0.4) is 0 Å². The summed E-state index contributed by atoms with van der Waals surface area (Å²) in [6.07, 6.45) is 0. The minimum atomic E-state index is -3.84. The van der Waals surface area contributed by atoms with Gasteiger partial charge in [-0.2, -0.15) is 11.3 Å². The highest BCUT2D eigenvalue weighted by atomic mass is 32.2. The lowest BCUT2D eigenvalue weighted by Gasteiger charge is -2.10. The molecule has 2 aromatic carbocycles. The zero-order valence-electron chi connectivity index (χ0n) is 16.2. The van der Waals surface area contributed by atoms with Gasteiger partial charge in [0.25, 0.3) is 15.9 Å². The SMILES string of the molecule is COc1ccc(NS(=O)(=O)c2cccc(NC(=O)c3csc(-c4ccsc4)n3)c2)cc1. The first kappa shape index (κ1) is 21.0. The maximum Gasteiger partial charge on any atom is 0.275 e. The van der Waals surface area contributed by atoms with Crippen molar-refractivity contribution in [3.63, 3.8) is 0 Å². The minimum absolute atomic E-state index is 0.0263. The number of thiazole rings is 1. The maximum absolute atomic E-state index is 12.7. The van der Waals surface area contributed by atoms with Gasteiger partial charge in [-0.1, -0.05) is 6.07 Å². The fourth-order valence-corrected chi connectivity index (χ4v) is 5.32. The number of ether oxygens (including phenoxy) is 1. The molecule has 158 valence electrons. The molecule has 0 radical (unpaired) electrons. The van der Waals surface area contributed by atoms with E-state index in [1.54, 1.807) is 53.1 Å². The average Bonchev–Trinajstić information content (AvgIpc) is 3.46. The van der Waals surface area contributed by atoms with E-state index in [9.17, 15) is 13.2 Å². The minimum Gasteiger partial charge on any atom is -0.497 e. The number of rotatable bonds is 7. The molecule has 2 heterocycles. The lowest BCUT2D eigenvalue weighted by Crippen LogP contribution is -2.15. The predicted molar refractivity (Wildman–Crippen MR) is 124 cm³/mol. The molecule has 0 spiro atoms. The van der Waals surface area contributed by atoms with Gasteiger partial charge >= 0.3 is 0 Å². The standard InChI is InChI=1S/C21H17N3O4S3/c1-28-17-7-5-15(6-8-17)24-31(26,27)18-4-2-3-16(11-18)22-20(25)19-13-30-21(23-19)14-9-10-29-12-14/h2-13,24H,1H3,(H,22,25). The zero-order chi connectivity index (χ0) is 21.8. The number of carbonyl (C=O) groups is 1.